The third-order valence-corrected chi connectivity index (χ3v) is 5.17. The molecule has 0 aliphatic carbocycles. The molecular weight excluding hydrogens is 504 g/mol. The van der Waals surface area contributed by atoms with Gasteiger partial charge < -0.3 is 15.1 Å². The first-order valence-electron chi connectivity index (χ1n) is 10.1. The summed E-state index contributed by atoms with van der Waals surface area (Å²) in [5.74, 6) is -5.31. The van der Waals surface area contributed by atoms with Crippen LogP contribution in [0, 0.1) is 0 Å². The van der Waals surface area contributed by atoms with E-state index in [1.54, 1.807) is 17.1 Å². The number of aryl methyl sites for hydroxylation is 1. The first-order chi connectivity index (χ1) is 16.6. The Morgan fingerprint density at radius 3 is 2.08 bits per heavy atom. The lowest BCUT2D eigenvalue weighted by Crippen LogP contribution is -2.37. The highest BCUT2D eigenvalue weighted by atomic mass is 19.4. The largest absolute Gasteiger partial charge is 0.490 e. The van der Waals surface area contributed by atoms with Crippen LogP contribution in [-0.2, 0) is 28.0 Å². The minimum atomic E-state index is -5.08. The number of carboxylic acid groups (broad SMARTS) is 2. The summed E-state index contributed by atoms with van der Waals surface area (Å²) in [6.45, 7) is 1.89. The summed E-state index contributed by atoms with van der Waals surface area (Å²) < 4.78 is 65.2. The van der Waals surface area contributed by atoms with E-state index in [1.165, 1.54) is 5.56 Å². The summed E-state index contributed by atoms with van der Waals surface area (Å²) >= 11 is 0. The number of fused-ring (bicyclic) bond motifs is 1. The number of aliphatic carboxylic acids is 2. The van der Waals surface area contributed by atoms with Crippen molar-refractivity contribution < 1.29 is 50.9 Å². The maximum Gasteiger partial charge on any atom is 0.490 e. The number of halogens is 6. The van der Waals surface area contributed by atoms with Gasteiger partial charge in [0.15, 0.2) is 0 Å². The zero-order chi connectivity index (χ0) is 27.3. The first kappa shape index (κ1) is 28.5. The van der Waals surface area contributed by atoms with Gasteiger partial charge in [-0.15, -0.1) is 0 Å². The van der Waals surface area contributed by atoms with E-state index in [0.29, 0.717) is 12.5 Å². The van der Waals surface area contributed by atoms with Gasteiger partial charge in [0.05, 0.1) is 17.9 Å². The van der Waals surface area contributed by atoms with Crippen LogP contribution in [0.2, 0.25) is 0 Å². The molecule has 4 rings (SSSR count). The number of pyridine rings is 1. The Hall–Kier alpha value is -3.69. The Bertz CT molecular complexity index is 1040. The molecule has 2 saturated heterocycles. The van der Waals surface area contributed by atoms with Crippen LogP contribution in [0.25, 0.3) is 0 Å². The summed E-state index contributed by atoms with van der Waals surface area (Å²) in [7, 11) is 1.88. The van der Waals surface area contributed by atoms with Crippen molar-refractivity contribution in [1.82, 2.24) is 19.7 Å². The molecule has 0 aromatic carbocycles. The lowest BCUT2D eigenvalue weighted by atomic mass is 10.1. The highest BCUT2D eigenvalue weighted by Crippen LogP contribution is 2.36. The summed E-state index contributed by atoms with van der Waals surface area (Å²) in [6, 6.07) is 4.63. The van der Waals surface area contributed by atoms with Crippen LogP contribution in [0.4, 0.5) is 32.0 Å². The number of amides is 1. The van der Waals surface area contributed by atoms with Crippen LogP contribution < -0.4 is 4.90 Å². The molecule has 2 atom stereocenters. The normalized spacial score (nSPS) is 19.6. The number of alkyl halides is 6. The molecule has 2 aliphatic heterocycles. The number of aromatic nitrogens is 3. The molecule has 2 aromatic heterocycles. The topological polar surface area (TPSA) is 129 Å². The van der Waals surface area contributed by atoms with Crippen molar-refractivity contribution in [2.45, 2.75) is 43.8 Å². The Morgan fingerprint density at radius 1 is 1.06 bits per heavy atom. The number of nitrogens with zero attached hydrogens (tertiary/aromatic N) is 5. The van der Waals surface area contributed by atoms with Crippen molar-refractivity contribution >= 4 is 23.5 Å². The summed E-state index contributed by atoms with van der Waals surface area (Å²) in [4.78, 5) is 38.8. The number of carboxylic acids is 2. The van der Waals surface area contributed by atoms with Crippen molar-refractivity contribution in [2.75, 3.05) is 11.4 Å². The van der Waals surface area contributed by atoms with Gasteiger partial charge in [-0.3, -0.25) is 19.4 Å². The highest BCUT2D eigenvalue weighted by Gasteiger charge is 2.47. The van der Waals surface area contributed by atoms with Gasteiger partial charge >= 0.3 is 24.3 Å². The zero-order valence-corrected chi connectivity index (χ0v) is 18.6. The molecule has 2 aromatic rings. The molecule has 2 unspecified atom stereocenters. The molecule has 10 nitrogen and oxygen atoms in total. The van der Waals surface area contributed by atoms with E-state index in [0.717, 1.165) is 25.2 Å². The second kappa shape index (κ2) is 11.4. The van der Waals surface area contributed by atoms with Crippen molar-refractivity contribution in [3.8, 4) is 0 Å². The van der Waals surface area contributed by atoms with Gasteiger partial charge in [-0.05, 0) is 18.1 Å². The van der Waals surface area contributed by atoms with Gasteiger partial charge in [-0.25, -0.2) is 9.59 Å². The third kappa shape index (κ3) is 7.66. The molecule has 0 bridgehead atoms. The van der Waals surface area contributed by atoms with Crippen molar-refractivity contribution in [3.05, 3.63) is 42.5 Å². The number of carbonyl (C=O) groups is 3. The molecule has 0 spiro atoms. The van der Waals surface area contributed by atoms with Gasteiger partial charge in [-0.2, -0.15) is 31.4 Å². The van der Waals surface area contributed by atoms with Gasteiger partial charge in [0, 0.05) is 51.2 Å². The van der Waals surface area contributed by atoms with Gasteiger partial charge in [0.2, 0.25) is 5.91 Å². The highest BCUT2D eigenvalue weighted by molar-refractivity contribution is 5.97. The third-order valence-electron chi connectivity index (χ3n) is 5.17. The standard InChI is InChI=1S/C16H19N5O.2C2HF3O2/c1-19-11-13(9-18-19)21-14-4-6-20(15(14)7-16(21)22)10-12-3-2-5-17-8-12;2*3-2(4,5)1(6)7/h2-3,5,8-9,11,14-15H,4,6-7,10H2,1H3;2*(H,6,7). The average molecular weight is 525 g/mol. The van der Waals surface area contributed by atoms with Crippen molar-refractivity contribution in [2.24, 2.45) is 7.05 Å². The smallest absolute Gasteiger partial charge is 0.475 e. The minimum absolute atomic E-state index is 0.207. The number of rotatable bonds is 3. The molecule has 36 heavy (non-hydrogen) atoms. The van der Waals surface area contributed by atoms with Crippen LogP contribution in [-0.4, -0.2) is 78.7 Å². The molecule has 2 aliphatic rings. The van der Waals surface area contributed by atoms with Crippen LogP contribution in [0.1, 0.15) is 18.4 Å². The maximum atomic E-state index is 12.4. The van der Waals surface area contributed by atoms with Crippen LogP contribution in [0.5, 0.6) is 0 Å². The molecule has 4 heterocycles. The second-order valence-electron chi connectivity index (χ2n) is 7.70. The zero-order valence-electron chi connectivity index (χ0n) is 18.6. The molecule has 0 radical (unpaired) electrons. The van der Waals surface area contributed by atoms with E-state index >= 15 is 0 Å². The number of hydrogen-bond acceptors (Lipinski definition) is 6. The molecule has 0 saturated carbocycles. The summed E-state index contributed by atoms with van der Waals surface area (Å²) in [6.07, 6.45) is -1.15. The van der Waals surface area contributed by atoms with E-state index in [9.17, 15) is 31.1 Å². The Kier molecular flexibility index (Phi) is 9.01. The van der Waals surface area contributed by atoms with Gasteiger partial charge in [-0.1, -0.05) is 6.07 Å². The molecular formula is C20H21F6N5O5. The van der Waals surface area contributed by atoms with Crippen LogP contribution in [0.3, 0.4) is 0 Å². The minimum Gasteiger partial charge on any atom is -0.475 e. The number of hydrogen-bond donors (Lipinski definition) is 2. The number of likely N-dealkylation sites (tertiary alicyclic amines) is 1. The fourth-order valence-electron chi connectivity index (χ4n) is 3.72. The Morgan fingerprint density at radius 2 is 1.64 bits per heavy atom. The molecule has 16 heteroatoms. The predicted octanol–water partition coefficient (Wildman–Crippen LogP) is 2.46. The lowest BCUT2D eigenvalue weighted by molar-refractivity contribution is -0.193. The summed E-state index contributed by atoms with van der Waals surface area (Å²) in [5.41, 5.74) is 2.12. The Balaban J connectivity index is 0.000000271. The quantitative estimate of drug-likeness (QED) is 0.585. The summed E-state index contributed by atoms with van der Waals surface area (Å²) in [5, 5.41) is 18.4. The second-order valence-corrected chi connectivity index (χ2v) is 7.70. The van der Waals surface area contributed by atoms with Gasteiger partial charge in [0.25, 0.3) is 0 Å². The van der Waals surface area contributed by atoms with E-state index in [-0.39, 0.29) is 11.9 Å². The van der Waals surface area contributed by atoms with E-state index in [4.69, 9.17) is 19.8 Å². The van der Waals surface area contributed by atoms with Crippen LogP contribution in [0.15, 0.2) is 36.9 Å². The number of anilines is 1. The van der Waals surface area contributed by atoms with E-state index in [1.807, 2.05) is 30.4 Å². The fourth-order valence-corrected chi connectivity index (χ4v) is 3.72. The van der Waals surface area contributed by atoms with Crippen molar-refractivity contribution in [3.63, 3.8) is 0 Å². The van der Waals surface area contributed by atoms with E-state index < -0.39 is 24.3 Å². The van der Waals surface area contributed by atoms with Crippen molar-refractivity contribution in [1.29, 1.82) is 0 Å². The lowest BCUT2D eigenvalue weighted by Gasteiger charge is -2.24. The van der Waals surface area contributed by atoms with E-state index in [2.05, 4.69) is 21.0 Å². The maximum absolute atomic E-state index is 12.4. The SMILES string of the molecule is Cn1cc(N2C(=O)CC3C2CCN3Cc2cccnc2)cn1.O=C(O)C(F)(F)F.O=C(O)C(F)(F)F. The molecule has 2 fully saturated rings. The molecule has 1 amide bonds. The number of carbonyl (C=O) groups excluding carboxylic acids is 1. The Labute approximate surface area is 199 Å². The molecule has 198 valence electrons. The van der Waals surface area contributed by atoms with Gasteiger partial charge in [0.1, 0.15) is 0 Å². The molecule has 2 N–H and O–H groups in total. The first-order valence-corrected chi connectivity index (χ1v) is 10.1. The van der Waals surface area contributed by atoms with Crippen LogP contribution >= 0.6 is 0 Å². The monoisotopic (exact) mass is 525 g/mol. The average Bonchev–Trinajstić information content (AvgIpc) is 3.44. The fraction of sp³-hybridized carbons (Fsp3) is 0.450. The predicted molar refractivity (Wildman–Crippen MR) is 110 cm³/mol.